The molecule has 0 radical (unpaired) electrons. The van der Waals surface area contributed by atoms with Gasteiger partial charge in [-0.1, -0.05) is 48.4 Å². The molecule has 3 rings (SSSR count). The Morgan fingerprint density at radius 3 is 2.81 bits per heavy atom. The maximum atomic E-state index is 12.3. The number of Topliss-reactive ketones (excluding diaryl/α,β-unsaturated/α-hetero) is 1. The van der Waals surface area contributed by atoms with Crippen molar-refractivity contribution in [2.75, 3.05) is 18.8 Å². The second-order valence-corrected chi connectivity index (χ2v) is 7.29. The van der Waals surface area contributed by atoms with Gasteiger partial charge in [0.2, 0.25) is 0 Å². The number of carbonyl (C=O) groups excluding carboxylic acids is 3. The highest BCUT2D eigenvalue weighted by atomic mass is 32.2. The fraction of sp³-hybridized carbons (Fsp3) is 0.350. The Bertz CT molecular complexity index is 798. The third kappa shape index (κ3) is 3.97. The van der Waals surface area contributed by atoms with Crippen LogP contribution in [0.25, 0.3) is 0 Å². The highest BCUT2D eigenvalue weighted by Gasteiger charge is 2.36. The van der Waals surface area contributed by atoms with E-state index in [1.165, 1.54) is 4.90 Å². The molecule has 1 aromatic rings. The number of nitrogens with zero attached hydrogens (tertiary/aromatic N) is 1. The summed E-state index contributed by atoms with van der Waals surface area (Å²) in [5, 5.41) is 0. The van der Waals surface area contributed by atoms with E-state index in [2.05, 4.69) is 4.72 Å². The van der Waals surface area contributed by atoms with Crippen LogP contribution in [0, 0.1) is 0 Å². The lowest BCUT2D eigenvalue weighted by molar-refractivity contribution is -0.137. The first-order chi connectivity index (χ1) is 12.6. The summed E-state index contributed by atoms with van der Waals surface area (Å²) >= 11 is 1.54. The molecule has 6 heteroatoms. The topological polar surface area (TPSA) is 66.5 Å². The third-order valence-corrected chi connectivity index (χ3v) is 5.38. The molecule has 1 aromatic carbocycles. The Hall–Kier alpha value is -2.18. The largest absolute Gasteiger partial charge is 0.295 e. The van der Waals surface area contributed by atoms with E-state index < -0.39 is 0 Å². The Labute approximate surface area is 157 Å². The molecule has 26 heavy (non-hydrogen) atoms. The summed E-state index contributed by atoms with van der Waals surface area (Å²) in [5.74, 6) is 0.568. The number of ketones is 1. The molecule has 136 valence electrons. The van der Waals surface area contributed by atoms with Crippen LogP contribution in [0.3, 0.4) is 0 Å². The second-order valence-electron chi connectivity index (χ2n) is 6.30. The second kappa shape index (κ2) is 8.47. The van der Waals surface area contributed by atoms with Gasteiger partial charge in [-0.25, -0.2) is 0 Å². The van der Waals surface area contributed by atoms with E-state index >= 15 is 0 Å². The maximum absolute atomic E-state index is 12.3. The number of carbonyl (C=O) groups is 3. The van der Waals surface area contributed by atoms with Crippen LogP contribution < -0.4 is 4.72 Å². The molecule has 2 amide bonds. The number of nitrogens with one attached hydrogen (secondary N) is 1. The van der Waals surface area contributed by atoms with Gasteiger partial charge < -0.3 is 0 Å². The number of hydrogen-bond acceptors (Lipinski definition) is 5. The molecule has 5 nitrogen and oxygen atoms in total. The first-order valence-electron chi connectivity index (χ1n) is 8.79. The summed E-state index contributed by atoms with van der Waals surface area (Å²) in [4.78, 5) is 37.5. The summed E-state index contributed by atoms with van der Waals surface area (Å²) in [6.07, 6.45) is 5.98. The number of benzene rings is 1. The molecule has 0 saturated heterocycles. The van der Waals surface area contributed by atoms with Gasteiger partial charge in [0, 0.05) is 35.6 Å². The molecule has 0 atom stereocenters. The third-order valence-electron chi connectivity index (χ3n) is 4.56. The van der Waals surface area contributed by atoms with Gasteiger partial charge >= 0.3 is 0 Å². The summed E-state index contributed by atoms with van der Waals surface area (Å²) in [7, 11) is 0. The number of amides is 2. The van der Waals surface area contributed by atoms with E-state index in [4.69, 9.17) is 0 Å². The monoisotopic (exact) mass is 370 g/mol. The van der Waals surface area contributed by atoms with Gasteiger partial charge in [-0.3, -0.25) is 24.0 Å². The lowest BCUT2D eigenvalue weighted by Crippen LogP contribution is -2.36. The van der Waals surface area contributed by atoms with Crippen molar-refractivity contribution in [3.05, 3.63) is 58.7 Å². The molecule has 1 heterocycles. The molecule has 0 aromatic heterocycles. The first kappa shape index (κ1) is 18.6. The number of aryl methyl sites for hydroxylation is 1. The van der Waals surface area contributed by atoms with Gasteiger partial charge in [0.05, 0.1) is 0 Å². The fourth-order valence-corrected chi connectivity index (χ4v) is 3.94. The molecule has 1 aliphatic heterocycles. The van der Waals surface area contributed by atoms with Crippen LogP contribution in [0.2, 0.25) is 0 Å². The molecule has 1 N–H and O–H groups in total. The Morgan fingerprint density at radius 1 is 1.23 bits per heavy atom. The smallest absolute Gasteiger partial charge is 0.261 e. The van der Waals surface area contributed by atoms with E-state index in [1.54, 1.807) is 24.9 Å². The predicted octanol–water partition coefficient (Wildman–Crippen LogP) is 2.68. The Morgan fingerprint density at radius 2 is 2.04 bits per heavy atom. The maximum Gasteiger partial charge on any atom is 0.261 e. The zero-order valence-electron chi connectivity index (χ0n) is 14.8. The van der Waals surface area contributed by atoms with Crippen LogP contribution in [0.15, 0.2) is 47.6 Å². The van der Waals surface area contributed by atoms with Gasteiger partial charge in [-0.2, -0.15) is 0 Å². The normalized spacial score (nSPS) is 16.4. The quantitative estimate of drug-likeness (QED) is 0.330. The van der Waals surface area contributed by atoms with E-state index in [1.807, 2.05) is 30.3 Å². The summed E-state index contributed by atoms with van der Waals surface area (Å²) < 4.78 is 3.20. The zero-order valence-corrected chi connectivity index (χ0v) is 15.6. The molecular weight excluding hydrogens is 348 g/mol. The fourth-order valence-electron chi connectivity index (χ4n) is 3.23. The van der Waals surface area contributed by atoms with Crippen molar-refractivity contribution < 1.29 is 14.4 Å². The minimum atomic E-state index is -0.178. The van der Waals surface area contributed by atoms with E-state index in [0.29, 0.717) is 30.7 Å². The molecule has 1 aliphatic carbocycles. The summed E-state index contributed by atoms with van der Waals surface area (Å²) in [5.41, 5.74) is 3.04. The lowest BCUT2D eigenvalue weighted by Gasteiger charge is -2.15. The van der Waals surface area contributed by atoms with E-state index in [0.717, 1.165) is 29.7 Å². The lowest BCUT2D eigenvalue weighted by atomic mass is 10.00. The molecule has 2 aliphatic rings. The average Bonchev–Trinajstić information content (AvgIpc) is 2.89. The highest BCUT2D eigenvalue weighted by Crippen LogP contribution is 2.28. The van der Waals surface area contributed by atoms with Gasteiger partial charge in [0.1, 0.15) is 0 Å². The molecule has 0 spiro atoms. The van der Waals surface area contributed by atoms with Gasteiger partial charge in [0.25, 0.3) is 11.8 Å². The van der Waals surface area contributed by atoms with Crippen molar-refractivity contribution in [1.29, 1.82) is 0 Å². The van der Waals surface area contributed by atoms with E-state index in [-0.39, 0.29) is 17.6 Å². The molecule has 0 saturated carbocycles. The Balaban J connectivity index is 1.41. The highest BCUT2D eigenvalue weighted by molar-refractivity contribution is 7.97. The minimum Gasteiger partial charge on any atom is -0.295 e. The van der Waals surface area contributed by atoms with Crippen molar-refractivity contribution in [1.82, 2.24) is 9.62 Å². The standard InChI is InChI=1S/C20H22N2O3S/c1-14(23)16-7-3-2-6-15(16)10-13-26-21-11-12-22-19(24)17-8-4-5-9-18(17)20(22)25/h2-4,6-8,21H,5,9-13H2,1H3. The van der Waals surface area contributed by atoms with Crippen LogP contribution in [0.1, 0.15) is 35.7 Å². The number of imide groups is 1. The number of hydrogen-bond donors (Lipinski definition) is 1. The van der Waals surface area contributed by atoms with E-state index in [9.17, 15) is 14.4 Å². The van der Waals surface area contributed by atoms with Crippen molar-refractivity contribution in [2.45, 2.75) is 26.2 Å². The zero-order chi connectivity index (χ0) is 18.5. The van der Waals surface area contributed by atoms with Gasteiger partial charge in [0.15, 0.2) is 5.78 Å². The van der Waals surface area contributed by atoms with Crippen molar-refractivity contribution in [3.8, 4) is 0 Å². The van der Waals surface area contributed by atoms with Crippen molar-refractivity contribution >= 4 is 29.5 Å². The molecule has 0 unspecified atom stereocenters. The van der Waals surface area contributed by atoms with Gasteiger partial charge in [-0.15, -0.1) is 0 Å². The summed E-state index contributed by atoms with van der Waals surface area (Å²) in [6, 6.07) is 7.64. The molecule has 0 bridgehead atoms. The van der Waals surface area contributed by atoms with Crippen LogP contribution in [-0.2, 0) is 16.0 Å². The minimum absolute atomic E-state index is 0.0788. The van der Waals surface area contributed by atoms with Crippen molar-refractivity contribution in [3.63, 3.8) is 0 Å². The van der Waals surface area contributed by atoms with Crippen molar-refractivity contribution in [2.24, 2.45) is 0 Å². The van der Waals surface area contributed by atoms with Crippen LogP contribution in [0.5, 0.6) is 0 Å². The summed E-state index contributed by atoms with van der Waals surface area (Å²) in [6.45, 7) is 2.49. The number of allylic oxidation sites excluding steroid dienone is 1. The van der Waals surface area contributed by atoms with Crippen LogP contribution in [0.4, 0.5) is 0 Å². The van der Waals surface area contributed by atoms with Crippen LogP contribution >= 0.6 is 11.9 Å². The average molecular weight is 370 g/mol. The Kier molecular flexibility index (Phi) is 6.06. The predicted molar refractivity (Wildman–Crippen MR) is 103 cm³/mol. The van der Waals surface area contributed by atoms with Gasteiger partial charge in [-0.05, 0) is 31.7 Å². The number of rotatable bonds is 8. The SMILES string of the molecule is CC(=O)c1ccccc1CCSNCCN1C(=O)C2=C(CCC=C2)C1=O. The molecule has 0 fully saturated rings. The molecular formula is C20H22N2O3S. The first-order valence-corrected chi connectivity index (χ1v) is 9.77. The van der Waals surface area contributed by atoms with Crippen LogP contribution in [-0.4, -0.2) is 41.3 Å².